The van der Waals surface area contributed by atoms with Crippen molar-refractivity contribution in [1.82, 2.24) is 4.98 Å². The van der Waals surface area contributed by atoms with Gasteiger partial charge in [0.05, 0.1) is 0 Å². The van der Waals surface area contributed by atoms with Gasteiger partial charge in [-0.1, -0.05) is 12.1 Å². The van der Waals surface area contributed by atoms with Gasteiger partial charge in [-0.3, -0.25) is 4.98 Å². The van der Waals surface area contributed by atoms with Gasteiger partial charge in [-0.25, -0.2) is 4.39 Å². The van der Waals surface area contributed by atoms with E-state index in [0.29, 0.717) is 5.69 Å². The Morgan fingerprint density at radius 2 is 1.79 bits per heavy atom. The number of hydrogen-bond acceptors (Lipinski definition) is 2. The smallest absolute Gasteiger partial charge is 0.123 e. The summed E-state index contributed by atoms with van der Waals surface area (Å²) < 4.78 is 12.7. The number of pyridine rings is 1. The van der Waals surface area contributed by atoms with Crippen molar-refractivity contribution in [2.24, 2.45) is 0 Å². The van der Waals surface area contributed by atoms with Crippen LogP contribution in [-0.4, -0.2) is 4.98 Å². The Labute approximate surface area is 81.2 Å². The van der Waals surface area contributed by atoms with Gasteiger partial charge in [-0.05, 0) is 23.8 Å². The molecule has 2 nitrogen and oxygen atoms in total. The zero-order valence-corrected chi connectivity index (χ0v) is 7.44. The molecule has 0 aliphatic carbocycles. The number of nitrogens with zero attached hydrogens (tertiary/aromatic N) is 1. The van der Waals surface area contributed by atoms with Crippen LogP contribution in [0.25, 0.3) is 11.1 Å². The van der Waals surface area contributed by atoms with E-state index in [1.165, 1.54) is 12.1 Å². The molecule has 0 atom stereocenters. The van der Waals surface area contributed by atoms with Crippen molar-refractivity contribution in [2.75, 3.05) is 5.73 Å². The van der Waals surface area contributed by atoms with Crippen LogP contribution in [0.3, 0.4) is 0 Å². The predicted octanol–water partition coefficient (Wildman–Crippen LogP) is 2.47. The Bertz CT molecular complexity index is 437. The topological polar surface area (TPSA) is 38.9 Å². The number of nitrogen functional groups attached to an aromatic ring is 1. The van der Waals surface area contributed by atoms with E-state index in [-0.39, 0.29) is 5.82 Å². The molecule has 1 aromatic carbocycles. The summed E-state index contributed by atoms with van der Waals surface area (Å²) in [5.41, 5.74) is 8.10. The third-order valence-corrected chi connectivity index (χ3v) is 2.01. The van der Waals surface area contributed by atoms with Crippen LogP contribution < -0.4 is 5.73 Å². The first-order valence-electron chi connectivity index (χ1n) is 4.23. The van der Waals surface area contributed by atoms with Gasteiger partial charge in [-0.2, -0.15) is 0 Å². The lowest BCUT2D eigenvalue weighted by Gasteiger charge is -2.03. The SMILES string of the molecule is Nc1ccncc1-c1ccc(F)cc1. The predicted molar refractivity (Wildman–Crippen MR) is 54.0 cm³/mol. The first-order valence-corrected chi connectivity index (χ1v) is 4.23. The van der Waals surface area contributed by atoms with Gasteiger partial charge in [-0.15, -0.1) is 0 Å². The number of hydrogen-bond donors (Lipinski definition) is 1. The summed E-state index contributed by atoms with van der Waals surface area (Å²) >= 11 is 0. The first-order chi connectivity index (χ1) is 6.77. The molecule has 14 heavy (non-hydrogen) atoms. The van der Waals surface area contributed by atoms with E-state index in [2.05, 4.69) is 4.98 Å². The zero-order valence-electron chi connectivity index (χ0n) is 7.44. The van der Waals surface area contributed by atoms with Crippen LogP contribution >= 0.6 is 0 Å². The molecule has 0 fully saturated rings. The first kappa shape index (κ1) is 8.69. The average molecular weight is 188 g/mol. The fourth-order valence-electron chi connectivity index (χ4n) is 1.28. The van der Waals surface area contributed by atoms with Crippen LogP contribution in [0.5, 0.6) is 0 Å². The zero-order chi connectivity index (χ0) is 9.97. The largest absolute Gasteiger partial charge is 0.398 e. The molecule has 0 radical (unpaired) electrons. The molecule has 3 heteroatoms. The molecule has 70 valence electrons. The lowest BCUT2D eigenvalue weighted by molar-refractivity contribution is 0.628. The Morgan fingerprint density at radius 1 is 1.07 bits per heavy atom. The number of rotatable bonds is 1. The highest BCUT2D eigenvalue weighted by molar-refractivity contribution is 5.74. The van der Waals surface area contributed by atoms with E-state index in [0.717, 1.165) is 11.1 Å². The number of benzene rings is 1. The van der Waals surface area contributed by atoms with Gasteiger partial charge in [0.15, 0.2) is 0 Å². The molecule has 0 aliphatic rings. The molecular formula is C11H9FN2. The van der Waals surface area contributed by atoms with E-state index in [9.17, 15) is 4.39 Å². The van der Waals surface area contributed by atoms with Crippen molar-refractivity contribution in [1.29, 1.82) is 0 Å². The standard InChI is InChI=1S/C11H9FN2/c12-9-3-1-8(2-4-9)10-7-14-6-5-11(10)13/h1-7H,(H2,13,14). The summed E-state index contributed by atoms with van der Waals surface area (Å²) in [6.07, 6.45) is 3.30. The highest BCUT2D eigenvalue weighted by Crippen LogP contribution is 2.24. The summed E-state index contributed by atoms with van der Waals surface area (Å²) in [5.74, 6) is -0.254. The second-order valence-corrected chi connectivity index (χ2v) is 2.97. The molecule has 1 heterocycles. The monoisotopic (exact) mass is 188 g/mol. The highest BCUT2D eigenvalue weighted by atomic mass is 19.1. The number of halogens is 1. The lowest BCUT2D eigenvalue weighted by Crippen LogP contribution is -1.90. The molecule has 0 spiro atoms. The van der Waals surface area contributed by atoms with Gasteiger partial charge in [0.1, 0.15) is 5.82 Å². The minimum atomic E-state index is -0.254. The van der Waals surface area contributed by atoms with Crippen LogP contribution in [0.2, 0.25) is 0 Å². The molecular weight excluding hydrogens is 179 g/mol. The summed E-state index contributed by atoms with van der Waals surface area (Å²) in [4.78, 5) is 3.97. The van der Waals surface area contributed by atoms with Crippen molar-refractivity contribution < 1.29 is 4.39 Å². The van der Waals surface area contributed by atoms with Crippen molar-refractivity contribution in [3.63, 3.8) is 0 Å². The average Bonchev–Trinajstić information content (AvgIpc) is 2.20. The molecule has 0 saturated heterocycles. The van der Waals surface area contributed by atoms with Crippen LogP contribution in [0, 0.1) is 5.82 Å². The third kappa shape index (κ3) is 1.57. The van der Waals surface area contributed by atoms with Crippen LogP contribution in [0.15, 0.2) is 42.7 Å². The molecule has 1 aromatic heterocycles. The summed E-state index contributed by atoms with van der Waals surface area (Å²) in [6.45, 7) is 0. The lowest BCUT2D eigenvalue weighted by atomic mass is 10.1. The van der Waals surface area contributed by atoms with E-state index in [1.54, 1.807) is 30.6 Å². The fraction of sp³-hybridized carbons (Fsp3) is 0. The summed E-state index contributed by atoms with van der Waals surface area (Å²) in [5, 5.41) is 0. The summed E-state index contributed by atoms with van der Waals surface area (Å²) in [6, 6.07) is 7.90. The maximum Gasteiger partial charge on any atom is 0.123 e. The van der Waals surface area contributed by atoms with Gasteiger partial charge in [0, 0.05) is 23.6 Å². The quantitative estimate of drug-likeness (QED) is 0.746. The molecule has 0 amide bonds. The van der Waals surface area contributed by atoms with Crippen LogP contribution in [0.4, 0.5) is 10.1 Å². The third-order valence-electron chi connectivity index (χ3n) is 2.01. The van der Waals surface area contributed by atoms with Crippen molar-refractivity contribution in [3.05, 3.63) is 48.5 Å². The Morgan fingerprint density at radius 3 is 2.43 bits per heavy atom. The number of aromatic nitrogens is 1. The number of anilines is 1. The van der Waals surface area contributed by atoms with Gasteiger partial charge >= 0.3 is 0 Å². The highest BCUT2D eigenvalue weighted by Gasteiger charge is 2.01. The number of nitrogens with two attached hydrogens (primary N) is 1. The van der Waals surface area contributed by atoms with Crippen molar-refractivity contribution >= 4 is 5.69 Å². The maximum atomic E-state index is 12.7. The van der Waals surface area contributed by atoms with E-state index >= 15 is 0 Å². The van der Waals surface area contributed by atoms with Crippen molar-refractivity contribution in [3.8, 4) is 11.1 Å². The molecule has 2 rings (SSSR count). The minimum Gasteiger partial charge on any atom is -0.398 e. The fourth-order valence-corrected chi connectivity index (χ4v) is 1.28. The second kappa shape index (κ2) is 3.46. The summed E-state index contributed by atoms with van der Waals surface area (Å²) in [7, 11) is 0. The Balaban J connectivity index is 2.50. The van der Waals surface area contributed by atoms with E-state index in [1.807, 2.05) is 0 Å². The van der Waals surface area contributed by atoms with Gasteiger partial charge in [0.2, 0.25) is 0 Å². The molecule has 0 saturated carbocycles. The normalized spacial score (nSPS) is 10.1. The van der Waals surface area contributed by atoms with Gasteiger partial charge in [0.25, 0.3) is 0 Å². The Hall–Kier alpha value is -1.90. The molecule has 0 bridgehead atoms. The van der Waals surface area contributed by atoms with Crippen molar-refractivity contribution in [2.45, 2.75) is 0 Å². The second-order valence-electron chi connectivity index (χ2n) is 2.97. The van der Waals surface area contributed by atoms with E-state index in [4.69, 9.17) is 5.73 Å². The minimum absolute atomic E-state index is 0.254. The van der Waals surface area contributed by atoms with E-state index < -0.39 is 0 Å². The molecule has 0 aliphatic heterocycles. The molecule has 2 N–H and O–H groups in total. The Kier molecular flexibility index (Phi) is 2.14. The van der Waals surface area contributed by atoms with Gasteiger partial charge < -0.3 is 5.73 Å². The van der Waals surface area contributed by atoms with Crippen LogP contribution in [-0.2, 0) is 0 Å². The molecule has 0 unspecified atom stereocenters. The maximum absolute atomic E-state index is 12.7. The molecule has 2 aromatic rings. The van der Waals surface area contributed by atoms with Crippen LogP contribution in [0.1, 0.15) is 0 Å².